The first-order chi connectivity index (χ1) is 12.1. The lowest BCUT2D eigenvalue weighted by molar-refractivity contribution is 0.0954. The van der Waals surface area contributed by atoms with Crippen molar-refractivity contribution < 1.29 is 9.53 Å². The van der Waals surface area contributed by atoms with Crippen molar-refractivity contribution in [3.8, 4) is 5.75 Å². The van der Waals surface area contributed by atoms with Crippen molar-refractivity contribution in [3.63, 3.8) is 0 Å². The molecule has 138 valence electrons. The van der Waals surface area contributed by atoms with Crippen LogP contribution in [-0.4, -0.2) is 56.2 Å². The van der Waals surface area contributed by atoms with Crippen LogP contribution < -0.4 is 20.7 Å². The molecule has 1 unspecified atom stereocenters. The molecule has 6 nitrogen and oxygen atoms in total. The topological polar surface area (TPSA) is 74.8 Å². The SMILES string of the molecule is CN=C(NCCNC(=O)c1ccc(OC)cc1)NCC1(C)CCCS1. The number of hydrogen-bond donors (Lipinski definition) is 3. The van der Waals surface area contributed by atoms with Gasteiger partial charge in [-0.15, -0.1) is 0 Å². The molecule has 2 rings (SSSR count). The van der Waals surface area contributed by atoms with Crippen LogP contribution in [0.1, 0.15) is 30.1 Å². The van der Waals surface area contributed by atoms with Crippen LogP contribution in [0, 0.1) is 0 Å². The van der Waals surface area contributed by atoms with Gasteiger partial charge >= 0.3 is 0 Å². The molecule has 1 saturated heterocycles. The maximum absolute atomic E-state index is 12.1. The molecule has 1 heterocycles. The molecule has 0 spiro atoms. The molecule has 7 heteroatoms. The van der Waals surface area contributed by atoms with E-state index in [0.29, 0.717) is 23.4 Å². The summed E-state index contributed by atoms with van der Waals surface area (Å²) in [5.74, 6) is 2.65. The summed E-state index contributed by atoms with van der Waals surface area (Å²) in [6, 6.07) is 7.06. The van der Waals surface area contributed by atoms with E-state index in [1.807, 2.05) is 11.8 Å². The second-order valence-electron chi connectivity index (χ2n) is 6.24. The van der Waals surface area contributed by atoms with Crippen LogP contribution in [0.5, 0.6) is 5.75 Å². The standard InChI is InChI=1S/C18H28N4O2S/c1-18(9-4-12-25-18)13-22-17(19-2)21-11-10-20-16(23)14-5-7-15(24-3)8-6-14/h5-8H,4,9-13H2,1-3H3,(H,20,23)(H2,19,21,22). The summed E-state index contributed by atoms with van der Waals surface area (Å²) in [6.45, 7) is 4.33. The lowest BCUT2D eigenvalue weighted by atomic mass is 10.1. The Balaban J connectivity index is 1.67. The molecule has 1 aliphatic heterocycles. The van der Waals surface area contributed by atoms with E-state index in [-0.39, 0.29) is 5.91 Å². The van der Waals surface area contributed by atoms with Crippen LogP contribution in [0.4, 0.5) is 0 Å². The molecule has 0 radical (unpaired) electrons. The minimum Gasteiger partial charge on any atom is -0.497 e. The number of aliphatic imine (C=N–C) groups is 1. The summed E-state index contributed by atoms with van der Waals surface area (Å²) < 4.78 is 5.38. The predicted molar refractivity (Wildman–Crippen MR) is 105 cm³/mol. The maximum Gasteiger partial charge on any atom is 0.251 e. The van der Waals surface area contributed by atoms with Gasteiger partial charge in [-0.25, -0.2) is 0 Å². The number of rotatable bonds is 7. The van der Waals surface area contributed by atoms with E-state index in [4.69, 9.17) is 4.74 Å². The van der Waals surface area contributed by atoms with Crippen LogP contribution in [0.3, 0.4) is 0 Å². The number of amides is 1. The molecule has 1 atom stereocenters. The summed E-state index contributed by atoms with van der Waals surface area (Å²) in [6.07, 6.45) is 2.52. The summed E-state index contributed by atoms with van der Waals surface area (Å²) in [4.78, 5) is 16.3. The van der Waals surface area contributed by atoms with Gasteiger partial charge in [0.05, 0.1) is 7.11 Å². The summed E-state index contributed by atoms with van der Waals surface area (Å²) in [5, 5.41) is 9.50. The molecule has 1 fully saturated rings. The molecule has 0 aromatic heterocycles. The molecular weight excluding hydrogens is 336 g/mol. The lowest BCUT2D eigenvalue weighted by Gasteiger charge is -2.24. The maximum atomic E-state index is 12.1. The third kappa shape index (κ3) is 6.16. The second kappa shape index (κ2) is 9.56. The van der Waals surface area contributed by atoms with Gasteiger partial charge in [0.2, 0.25) is 0 Å². The number of carbonyl (C=O) groups excluding carboxylic acids is 1. The van der Waals surface area contributed by atoms with Gasteiger partial charge in [0.1, 0.15) is 5.75 Å². The van der Waals surface area contributed by atoms with Crippen molar-refractivity contribution in [2.45, 2.75) is 24.5 Å². The fraction of sp³-hybridized carbons (Fsp3) is 0.556. The molecule has 0 saturated carbocycles. The lowest BCUT2D eigenvalue weighted by Crippen LogP contribution is -2.45. The number of nitrogens with one attached hydrogen (secondary N) is 3. The number of methoxy groups -OCH3 is 1. The number of thioether (sulfide) groups is 1. The number of guanidine groups is 1. The Hall–Kier alpha value is -1.89. The Bertz CT molecular complexity index is 583. The fourth-order valence-corrected chi connectivity index (χ4v) is 3.91. The van der Waals surface area contributed by atoms with E-state index in [9.17, 15) is 4.79 Å². The van der Waals surface area contributed by atoms with Crippen LogP contribution in [0.25, 0.3) is 0 Å². The molecule has 1 aliphatic rings. The molecule has 1 amide bonds. The molecule has 1 aromatic carbocycles. The molecule has 0 bridgehead atoms. The van der Waals surface area contributed by atoms with E-state index in [2.05, 4.69) is 27.9 Å². The minimum atomic E-state index is -0.0951. The van der Waals surface area contributed by atoms with Crippen LogP contribution in [-0.2, 0) is 0 Å². The Morgan fingerprint density at radius 2 is 1.96 bits per heavy atom. The Labute approximate surface area is 154 Å². The smallest absolute Gasteiger partial charge is 0.251 e. The number of nitrogens with zero attached hydrogens (tertiary/aromatic N) is 1. The summed E-state index contributed by atoms with van der Waals surface area (Å²) in [7, 11) is 3.36. The van der Waals surface area contributed by atoms with E-state index >= 15 is 0 Å². The van der Waals surface area contributed by atoms with Crippen molar-refractivity contribution in [1.29, 1.82) is 0 Å². The first-order valence-corrected chi connectivity index (χ1v) is 9.55. The fourth-order valence-electron chi connectivity index (χ4n) is 2.67. The number of hydrogen-bond acceptors (Lipinski definition) is 4. The van der Waals surface area contributed by atoms with E-state index < -0.39 is 0 Å². The molecule has 25 heavy (non-hydrogen) atoms. The van der Waals surface area contributed by atoms with Gasteiger partial charge in [-0.2, -0.15) is 11.8 Å². The zero-order valence-electron chi connectivity index (χ0n) is 15.2. The van der Waals surface area contributed by atoms with Crippen LogP contribution in [0.2, 0.25) is 0 Å². The van der Waals surface area contributed by atoms with Crippen molar-refractivity contribution >= 4 is 23.6 Å². The predicted octanol–water partition coefficient (Wildman–Crippen LogP) is 1.88. The van der Waals surface area contributed by atoms with Gasteiger partial charge in [0, 0.05) is 37.0 Å². The molecule has 3 N–H and O–H groups in total. The van der Waals surface area contributed by atoms with Crippen molar-refractivity contribution in [3.05, 3.63) is 29.8 Å². The number of carbonyl (C=O) groups is 1. The quantitative estimate of drug-likeness (QED) is 0.391. The van der Waals surface area contributed by atoms with Crippen LogP contribution in [0.15, 0.2) is 29.3 Å². The third-order valence-corrected chi connectivity index (χ3v) is 5.75. The van der Waals surface area contributed by atoms with Gasteiger partial charge in [0.25, 0.3) is 5.91 Å². The normalized spacial score (nSPS) is 20.2. The van der Waals surface area contributed by atoms with Gasteiger partial charge < -0.3 is 20.7 Å². The third-order valence-electron chi connectivity index (χ3n) is 4.21. The van der Waals surface area contributed by atoms with Gasteiger partial charge in [-0.05, 0) is 49.8 Å². The van der Waals surface area contributed by atoms with Gasteiger partial charge in [0.15, 0.2) is 5.96 Å². The van der Waals surface area contributed by atoms with E-state index in [1.165, 1.54) is 18.6 Å². The average Bonchev–Trinajstić information content (AvgIpc) is 3.07. The Morgan fingerprint density at radius 3 is 2.56 bits per heavy atom. The zero-order chi connectivity index (χ0) is 18.1. The van der Waals surface area contributed by atoms with E-state index in [1.54, 1.807) is 38.4 Å². The minimum absolute atomic E-state index is 0.0951. The van der Waals surface area contributed by atoms with Gasteiger partial charge in [-0.1, -0.05) is 0 Å². The largest absolute Gasteiger partial charge is 0.497 e. The Morgan fingerprint density at radius 1 is 1.24 bits per heavy atom. The molecule has 1 aromatic rings. The highest BCUT2D eigenvalue weighted by atomic mass is 32.2. The summed E-state index contributed by atoms with van der Waals surface area (Å²) >= 11 is 2.02. The highest BCUT2D eigenvalue weighted by molar-refractivity contribution is 8.00. The highest BCUT2D eigenvalue weighted by Crippen LogP contribution is 2.36. The first-order valence-electron chi connectivity index (χ1n) is 8.57. The second-order valence-corrected chi connectivity index (χ2v) is 7.92. The average molecular weight is 365 g/mol. The van der Waals surface area contributed by atoms with Crippen molar-refractivity contribution in [2.75, 3.05) is 39.5 Å². The Kier molecular flexibility index (Phi) is 7.43. The van der Waals surface area contributed by atoms with Gasteiger partial charge in [-0.3, -0.25) is 9.79 Å². The highest BCUT2D eigenvalue weighted by Gasteiger charge is 2.29. The van der Waals surface area contributed by atoms with Crippen LogP contribution >= 0.6 is 11.8 Å². The van der Waals surface area contributed by atoms with Crippen molar-refractivity contribution in [2.24, 2.45) is 4.99 Å². The monoisotopic (exact) mass is 364 g/mol. The van der Waals surface area contributed by atoms with Crippen molar-refractivity contribution in [1.82, 2.24) is 16.0 Å². The number of ether oxygens (including phenoxy) is 1. The van der Waals surface area contributed by atoms with E-state index in [0.717, 1.165) is 18.3 Å². The summed E-state index contributed by atoms with van der Waals surface area (Å²) in [5.41, 5.74) is 0.620. The number of benzene rings is 1. The first kappa shape index (κ1) is 19.4. The zero-order valence-corrected chi connectivity index (χ0v) is 16.0. The molecule has 0 aliphatic carbocycles. The molecular formula is C18H28N4O2S.